The quantitative estimate of drug-likeness (QED) is 0.820. The lowest BCUT2D eigenvalue weighted by atomic mass is 9.91. The van der Waals surface area contributed by atoms with E-state index in [1.165, 1.54) is 12.1 Å². The van der Waals surface area contributed by atoms with Gasteiger partial charge in [-0.3, -0.25) is 0 Å². The van der Waals surface area contributed by atoms with Crippen LogP contribution in [0.5, 0.6) is 0 Å². The number of nitrogens with one attached hydrogen (secondary N) is 1. The molecule has 0 spiro atoms. The maximum absolute atomic E-state index is 12.6. The van der Waals surface area contributed by atoms with Crippen LogP contribution in [0.3, 0.4) is 0 Å². The fraction of sp³-hybridized carbons (Fsp3) is 0.400. The minimum Gasteiger partial charge on any atom is -0.393 e. The Bertz CT molecular complexity index is 465. The number of halogens is 1. The summed E-state index contributed by atoms with van der Waals surface area (Å²) in [6.45, 7) is 0. The van der Waals surface area contributed by atoms with Gasteiger partial charge < -0.3 is 5.11 Å². The molecule has 88 valence electrons. The number of benzene rings is 1. The molecule has 0 saturated heterocycles. The summed E-state index contributed by atoms with van der Waals surface area (Å²) in [6, 6.07) is 4.42. The zero-order valence-corrected chi connectivity index (χ0v) is 9.24. The zero-order valence-electron chi connectivity index (χ0n) is 8.43. The average Bonchev–Trinajstić information content (AvgIpc) is 2.15. The summed E-state index contributed by atoms with van der Waals surface area (Å²) in [7, 11) is -3.59. The first-order valence-electron chi connectivity index (χ1n) is 4.93. The Morgan fingerprint density at radius 3 is 2.31 bits per heavy atom. The second-order valence-electron chi connectivity index (χ2n) is 3.90. The van der Waals surface area contributed by atoms with Gasteiger partial charge in [-0.2, -0.15) is 0 Å². The van der Waals surface area contributed by atoms with Crippen LogP contribution >= 0.6 is 0 Å². The van der Waals surface area contributed by atoms with Gasteiger partial charge in [-0.05, 0) is 37.1 Å². The van der Waals surface area contributed by atoms with Gasteiger partial charge in [-0.15, -0.1) is 0 Å². The van der Waals surface area contributed by atoms with E-state index in [2.05, 4.69) is 4.72 Å². The van der Waals surface area contributed by atoms with Gasteiger partial charge in [0.25, 0.3) is 0 Å². The Labute approximate surface area is 93.2 Å². The van der Waals surface area contributed by atoms with Crippen molar-refractivity contribution >= 4 is 10.0 Å². The van der Waals surface area contributed by atoms with Gasteiger partial charge in [0.2, 0.25) is 10.0 Å². The fourth-order valence-electron chi connectivity index (χ4n) is 1.59. The third-order valence-corrected chi connectivity index (χ3v) is 4.10. The molecule has 16 heavy (non-hydrogen) atoms. The Balaban J connectivity index is 2.10. The highest BCUT2D eigenvalue weighted by Gasteiger charge is 2.31. The maximum atomic E-state index is 12.6. The van der Waals surface area contributed by atoms with Crippen molar-refractivity contribution in [1.29, 1.82) is 0 Å². The van der Waals surface area contributed by atoms with Crippen LogP contribution in [0, 0.1) is 5.82 Å². The van der Waals surface area contributed by atoms with Crippen molar-refractivity contribution in [2.45, 2.75) is 29.9 Å². The third kappa shape index (κ3) is 2.40. The summed E-state index contributed by atoms with van der Waals surface area (Å²) < 4.78 is 38.5. The molecule has 1 saturated carbocycles. The van der Waals surface area contributed by atoms with Gasteiger partial charge in [0, 0.05) is 6.04 Å². The van der Waals surface area contributed by atoms with E-state index in [0.717, 1.165) is 12.1 Å². The second kappa shape index (κ2) is 4.12. The summed E-state index contributed by atoms with van der Waals surface area (Å²) in [6.07, 6.45) is 0.446. The zero-order chi connectivity index (χ0) is 11.8. The molecule has 1 aliphatic carbocycles. The van der Waals surface area contributed by atoms with Gasteiger partial charge in [0.1, 0.15) is 5.82 Å². The molecule has 2 N–H and O–H groups in total. The topological polar surface area (TPSA) is 66.4 Å². The number of rotatable bonds is 3. The highest BCUT2D eigenvalue weighted by atomic mass is 32.2. The summed E-state index contributed by atoms with van der Waals surface area (Å²) in [5.74, 6) is -0.474. The van der Waals surface area contributed by atoms with Gasteiger partial charge in [-0.1, -0.05) is 0 Å². The first-order valence-corrected chi connectivity index (χ1v) is 6.41. The molecule has 0 radical (unpaired) electrons. The van der Waals surface area contributed by atoms with E-state index in [0.29, 0.717) is 12.8 Å². The van der Waals surface area contributed by atoms with E-state index in [1.807, 2.05) is 0 Å². The largest absolute Gasteiger partial charge is 0.393 e. The van der Waals surface area contributed by atoms with E-state index >= 15 is 0 Å². The smallest absolute Gasteiger partial charge is 0.240 e. The maximum Gasteiger partial charge on any atom is 0.240 e. The van der Waals surface area contributed by atoms with Crippen molar-refractivity contribution in [1.82, 2.24) is 4.72 Å². The minimum atomic E-state index is -3.59. The van der Waals surface area contributed by atoms with Crippen molar-refractivity contribution in [3.05, 3.63) is 30.1 Å². The Morgan fingerprint density at radius 2 is 1.81 bits per heavy atom. The number of aliphatic hydroxyl groups is 1. The average molecular weight is 245 g/mol. The number of hydrogen-bond donors (Lipinski definition) is 2. The molecular weight excluding hydrogens is 233 g/mol. The Morgan fingerprint density at radius 1 is 1.25 bits per heavy atom. The summed E-state index contributed by atoms with van der Waals surface area (Å²) in [5, 5.41) is 9.04. The molecule has 0 amide bonds. The summed E-state index contributed by atoms with van der Waals surface area (Å²) >= 11 is 0. The molecule has 4 nitrogen and oxygen atoms in total. The molecule has 1 aromatic rings. The molecule has 0 bridgehead atoms. The Hall–Kier alpha value is -0.980. The normalized spacial score (nSPS) is 25.1. The third-order valence-electron chi connectivity index (χ3n) is 2.56. The van der Waals surface area contributed by atoms with Crippen molar-refractivity contribution in [2.75, 3.05) is 0 Å². The SMILES string of the molecule is O=S(=O)(NC1CC(O)C1)c1ccc(F)cc1. The number of sulfonamides is 1. The predicted octanol–water partition coefficient (Wildman–Crippen LogP) is 0.627. The first kappa shape index (κ1) is 11.5. The number of hydrogen-bond acceptors (Lipinski definition) is 3. The van der Waals surface area contributed by atoms with Crippen LogP contribution in [0.25, 0.3) is 0 Å². The lowest BCUT2D eigenvalue weighted by Gasteiger charge is -2.31. The molecule has 0 heterocycles. The van der Waals surface area contributed by atoms with E-state index in [1.54, 1.807) is 0 Å². The van der Waals surface area contributed by atoms with Crippen molar-refractivity contribution in [3.8, 4) is 0 Å². The summed E-state index contributed by atoms with van der Waals surface area (Å²) in [4.78, 5) is 0.0373. The second-order valence-corrected chi connectivity index (χ2v) is 5.61. The highest BCUT2D eigenvalue weighted by molar-refractivity contribution is 7.89. The predicted molar refractivity (Wildman–Crippen MR) is 55.8 cm³/mol. The molecule has 6 heteroatoms. The fourth-order valence-corrected chi connectivity index (χ4v) is 2.85. The molecule has 2 rings (SSSR count). The van der Waals surface area contributed by atoms with Gasteiger partial charge in [0.15, 0.2) is 0 Å². The molecule has 0 atom stereocenters. The van der Waals surface area contributed by atoms with Crippen LogP contribution in [-0.2, 0) is 10.0 Å². The molecule has 0 aliphatic heterocycles. The van der Waals surface area contributed by atoms with Crippen LogP contribution in [-0.4, -0.2) is 25.7 Å². The van der Waals surface area contributed by atoms with Crippen LogP contribution in [0.4, 0.5) is 4.39 Å². The molecule has 1 aromatic carbocycles. The molecule has 1 fully saturated rings. The van der Waals surface area contributed by atoms with Gasteiger partial charge in [-0.25, -0.2) is 17.5 Å². The molecule has 1 aliphatic rings. The van der Waals surface area contributed by atoms with Crippen LogP contribution in [0.2, 0.25) is 0 Å². The van der Waals surface area contributed by atoms with E-state index in [4.69, 9.17) is 5.11 Å². The van der Waals surface area contributed by atoms with Gasteiger partial charge >= 0.3 is 0 Å². The van der Waals surface area contributed by atoms with Crippen LogP contribution in [0.1, 0.15) is 12.8 Å². The monoisotopic (exact) mass is 245 g/mol. The van der Waals surface area contributed by atoms with Crippen molar-refractivity contribution in [2.24, 2.45) is 0 Å². The van der Waals surface area contributed by atoms with Crippen LogP contribution in [0.15, 0.2) is 29.2 Å². The number of aliphatic hydroxyl groups excluding tert-OH is 1. The molecule has 0 unspecified atom stereocenters. The van der Waals surface area contributed by atoms with E-state index < -0.39 is 21.9 Å². The highest BCUT2D eigenvalue weighted by Crippen LogP contribution is 2.21. The van der Waals surface area contributed by atoms with Crippen molar-refractivity contribution < 1.29 is 17.9 Å². The standard InChI is InChI=1S/C10H12FNO3S/c11-7-1-3-10(4-2-7)16(14,15)12-8-5-9(13)6-8/h1-4,8-9,12-13H,5-6H2. The first-order chi connectivity index (χ1) is 7.47. The van der Waals surface area contributed by atoms with Crippen LogP contribution < -0.4 is 4.72 Å². The summed E-state index contributed by atoms with van der Waals surface area (Å²) in [5.41, 5.74) is 0. The van der Waals surface area contributed by atoms with Crippen molar-refractivity contribution in [3.63, 3.8) is 0 Å². The molecular formula is C10H12FNO3S. The van der Waals surface area contributed by atoms with E-state index in [9.17, 15) is 12.8 Å². The lowest BCUT2D eigenvalue weighted by molar-refractivity contribution is 0.0712. The molecule has 0 aromatic heterocycles. The van der Waals surface area contributed by atoms with Gasteiger partial charge in [0.05, 0.1) is 11.0 Å². The lowest BCUT2D eigenvalue weighted by Crippen LogP contribution is -2.46. The minimum absolute atomic E-state index is 0.0373. The Kier molecular flexibility index (Phi) is 2.96. The van der Waals surface area contributed by atoms with E-state index in [-0.39, 0.29) is 10.9 Å².